The average molecular weight is 149 g/mol. The summed E-state index contributed by atoms with van der Waals surface area (Å²) in [4.78, 5) is 10.3. The summed E-state index contributed by atoms with van der Waals surface area (Å²) < 4.78 is 0. The first-order valence-corrected chi connectivity index (χ1v) is 3.91. The molecule has 0 radical (unpaired) electrons. The molecule has 3 heteroatoms. The third-order valence-electron chi connectivity index (χ3n) is 1.97. The van der Waals surface area contributed by atoms with Crippen LogP contribution in [0.4, 0.5) is 0 Å². The van der Waals surface area contributed by atoms with Gasteiger partial charge in [-0.15, -0.1) is 0 Å². The van der Waals surface area contributed by atoms with E-state index in [1.807, 2.05) is 12.4 Å². The van der Waals surface area contributed by atoms with Gasteiger partial charge in [0.1, 0.15) is 6.33 Å². The third-order valence-corrected chi connectivity index (χ3v) is 1.97. The number of nitrogens with zero attached hydrogens (tertiary/aromatic N) is 3. The Labute approximate surface area is 66.1 Å². The molecule has 11 heavy (non-hydrogen) atoms. The summed E-state index contributed by atoms with van der Waals surface area (Å²) in [5.74, 6) is 0. The molecule has 2 rings (SSSR count). The summed E-state index contributed by atoms with van der Waals surface area (Å²) in [6.07, 6.45) is 6.67. The van der Waals surface area contributed by atoms with Gasteiger partial charge in [0.05, 0.1) is 0 Å². The number of hydrogen-bond donors (Lipinski definition) is 0. The van der Waals surface area contributed by atoms with Gasteiger partial charge >= 0.3 is 0 Å². The molecule has 0 aliphatic carbocycles. The first-order chi connectivity index (χ1) is 5.45. The lowest BCUT2D eigenvalue weighted by molar-refractivity contribution is 0.172. The SMILES string of the molecule is c1ncc(CN2CCC2)cn1. The van der Waals surface area contributed by atoms with Gasteiger partial charge in [0.15, 0.2) is 0 Å². The molecule has 1 aliphatic heterocycles. The van der Waals surface area contributed by atoms with E-state index >= 15 is 0 Å². The van der Waals surface area contributed by atoms with Gasteiger partial charge in [-0.1, -0.05) is 0 Å². The fraction of sp³-hybridized carbons (Fsp3) is 0.500. The van der Waals surface area contributed by atoms with Crippen LogP contribution < -0.4 is 0 Å². The maximum absolute atomic E-state index is 3.96. The Balaban J connectivity index is 1.95. The second-order valence-electron chi connectivity index (χ2n) is 2.88. The van der Waals surface area contributed by atoms with Crippen molar-refractivity contribution in [1.82, 2.24) is 14.9 Å². The predicted molar refractivity (Wildman–Crippen MR) is 41.9 cm³/mol. The fourth-order valence-corrected chi connectivity index (χ4v) is 1.21. The van der Waals surface area contributed by atoms with E-state index in [1.165, 1.54) is 25.1 Å². The summed E-state index contributed by atoms with van der Waals surface area (Å²) >= 11 is 0. The molecule has 1 aliphatic rings. The van der Waals surface area contributed by atoms with E-state index in [2.05, 4.69) is 14.9 Å². The van der Waals surface area contributed by atoms with Crippen LogP contribution in [0.1, 0.15) is 12.0 Å². The van der Waals surface area contributed by atoms with Crippen LogP contribution in [0.5, 0.6) is 0 Å². The van der Waals surface area contributed by atoms with Crippen molar-refractivity contribution in [1.29, 1.82) is 0 Å². The lowest BCUT2D eigenvalue weighted by Gasteiger charge is -2.30. The predicted octanol–water partition coefficient (Wildman–Crippen LogP) is 0.682. The molecule has 2 heterocycles. The highest BCUT2D eigenvalue weighted by Gasteiger charge is 2.13. The third kappa shape index (κ3) is 1.54. The highest BCUT2D eigenvalue weighted by molar-refractivity contribution is 5.02. The first kappa shape index (κ1) is 6.73. The minimum Gasteiger partial charge on any atom is -0.299 e. The maximum atomic E-state index is 3.96. The van der Waals surface area contributed by atoms with E-state index in [1.54, 1.807) is 6.33 Å². The molecular weight excluding hydrogens is 138 g/mol. The summed E-state index contributed by atoms with van der Waals surface area (Å²) in [5, 5.41) is 0. The Kier molecular flexibility index (Phi) is 1.81. The smallest absolute Gasteiger partial charge is 0.115 e. The van der Waals surface area contributed by atoms with E-state index in [0.29, 0.717) is 0 Å². The molecule has 1 saturated heterocycles. The van der Waals surface area contributed by atoms with Gasteiger partial charge in [-0.05, 0) is 19.5 Å². The van der Waals surface area contributed by atoms with Crippen molar-refractivity contribution < 1.29 is 0 Å². The fourth-order valence-electron chi connectivity index (χ4n) is 1.21. The van der Waals surface area contributed by atoms with Crippen LogP contribution in [-0.4, -0.2) is 28.0 Å². The molecule has 3 nitrogen and oxygen atoms in total. The number of hydrogen-bond acceptors (Lipinski definition) is 3. The molecule has 0 spiro atoms. The Morgan fingerprint density at radius 1 is 1.27 bits per heavy atom. The normalized spacial score (nSPS) is 17.8. The summed E-state index contributed by atoms with van der Waals surface area (Å²) in [5.41, 5.74) is 1.22. The summed E-state index contributed by atoms with van der Waals surface area (Å²) in [6.45, 7) is 3.48. The van der Waals surface area contributed by atoms with Gasteiger partial charge < -0.3 is 0 Å². The van der Waals surface area contributed by atoms with E-state index in [0.717, 1.165) is 6.54 Å². The molecule has 0 unspecified atom stereocenters. The monoisotopic (exact) mass is 149 g/mol. The molecule has 1 aromatic heterocycles. The summed E-state index contributed by atoms with van der Waals surface area (Å²) in [6, 6.07) is 0. The molecule has 58 valence electrons. The van der Waals surface area contributed by atoms with Crippen molar-refractivity contribution in [2.75, 3.05) is 13.1 Å². The molecule has 0 amide bonds. The van der Waals surface area contributed by atoms with Crippen LogP contribution in [0.15, 0.2) is 18.7 Å². The summed E-state index contributed by atoms with van der Waals surface area (Å²) in [7, 11) is 0. The maximum Gasteiger partial charge on any atom is 0.115 e. The lowest BCUT2D eigenvalue weighted by Crippen LogP contribution is -2.36. The molecule has 0 bridgehead atoms. The molecule has 1 aromatic rings. The minimum absolute atomic E-state index is 1.01. The highest BCUT2D eigenvalue weighted by Crippen LogP contribution is 2.09. The van der Waals surface area contributed by atoms with Crippen molar-refractivity contribution in [2.24, 2.45) is 0 Å². The number of aromatic nitrogens is 2. The Morgan fingerprint density at radius 2 is 2.00 bits per heavy atom. The zero-order chi connectivity index (χ0) is 7.52. The van der Waals surface area contributed by atoms with Crippen LogP contribution in [0.3, 0.4) is 0 Å². The van der Waals surface area contributed by atoms with Crippen LogP contribution in [0.25, 0.3) is 0 Å². The average Bonchev–Trinajstić information content (AvgIpc) is 1.99. The molecule has 0 N–H and O–H groups in total. The highest BCUT2D eigenvalue weighted by atomic mass is 15.2. The molecule has 0 aromatic carbocycles. The topological polar surface area (TPSA) is 29.0 Å². The van der Waals surface area contributed by atoms with Crippen molar-refractivity contribution in [3.8, 4) is 0 Å². The van der Waals surface area contributed by atoms with Gasteiger partial charge in [0, 0.05) is 24.5 Å². The largest absolute Gasteiger partial charge is 0.299 e. The molecule has 0 saturated carbocycles. The molecular formula is C8H11N3. The zero-order valence-electron chi connectivity index (χ0n) is 6.40. The van der Waals surface area contributed by atoms with Gasteiger partial charge in [-0.25, -0.2) is 9.97 Å². The molecule has 1 fully saturated rings. The standard InChI is InChI=1S/C8H11N3/c1-2-11(3-1)6-8-4-9-7-10-5-8/h4-5,7H,1-3,6H2. The van der Waals surface area contributed by atoms with E-state index < -0.39 is 0 Å². The van der Waals surface area contributed by atoms with Gasteiger partial charge in [0.25, 0.3) is 0 Å². The van der Waals surface area contributed by atoms with Crippen molar-refractivity contribution >= 4 is 0 Å². The van der Waals surface area contributed by atoms with Gasteiger partial charge in [0.2, 0.25) is 0 Å². The second-order valence-corrected chi connectivity index (χ2v) is 2.88. The van der Waals surface area contributed by atoms with Crippen LogP contribution in [0.2, 0.25) is 0 Å². The number of rotatable bonds is 2. The quantitative estimate of drug-likeness (QED) is 0.619. The van der Waals surface area contributed by atoms with Crippen LogP contribution in [-0.2, 0) is 6.54 Å². The van der Waals surface area contributed by atoms with Gasteiger partial charge in [-0.3, -0.25) is 4.90 Å². The van der Waals surface area contributed by atoms with Crippen molar-refractivity contribution in [2.45, 2.75) is 13.0 Å². The van der Waals surface area contributed by atoms with E-state index in [9.17, 15) is 0 Å². The Bertz CT molecular complexity index is 218. The van der Waals surface area contributed by atoms with E-state index in [-0.39, 0.29) is 0 Å². The Morgan fingerprint density at radius 3 is 2.55 bits per heavy atom. The Hall–Kier alpha value is -0.960. The second kappa shape index (κ2) is 2.96. The lowest BCUT2D eigenvalue weighted by atomic mass is 10.2. The van der Waals surface area contributed by atoms with Crippen LogP contribution in [0, 0.1) is 0 Å². The van der Waals surface area contributed by atoms with Gasteiger partial charge in [-0.2, -0.15) is 0 Å². The van der Waals surface area contributed by atoms with E-state index in [4.69, 9.17) is 0 Å². The van der Waals surface area contributed by atoms with Crippen molar-refractivity contribution in [3.05, 3.63) is 24.3 Å². The van der Waals surface area contributed by atoms with Crippen LogP contribution >= 0.6 is 0 Å². The zero-order valence-corrected chi connectivity index (χ0v) is 6.40. The molecule has 0 atom stereocenters. The minimum atomic E-state index is 1.01. The van der Waals surface area contributed by atoms with Crippen molar-refractivity contribution in [3.63, 3.8) is 0 Å². The first-order valence-electron chi connectivity index (χ1n) is 3.91. The number of likely N-dealkylation sites (tertiary alicyclic amines) is 1.